The number of hydrogen-bond acceptors (Lipinski definition) is 2. The highest BCUT2D eigenvalue weighted by Crippen LogP contribution is 2.49. The SMILES string of the molecule is CN1CN(C(F)(F)C(F)(F)Br)C(c2ccccc2)=C1c1ccccc1. The predicted octanol–water partition coefficient (Wildman–Crippen LogP) is 5.30. The second-order valence-electron chi connectivity index (χ2n) is 5.74. The van der Waals surface area contributed by atoms with Crippen molar-refractivity contribution < 1.29 is 17.6 Å². The number of benzene rings is 2. The van der Waals surface area contributed by atoms with Gasteiger partial charge in [0.05, 0.1) is 18.1 Å². The van der Waals surface area contributed by atoms with Gasteiger partial charge in [0.15, 0.2) is 0 Å². The van der Waals surface area contributed by atoms with Crippen molar-refractivity contribution in [3.63, 3.8) is 0 Å². The Bertz CT molecular complexity index is 773. The van der Waals surface area contributed by atoms with Crippen molar-refractivity contribution in [3.8, 4) is 0 Å². The van der Waals surface area contributed by atoms with Crippen LogP contribution in [0.2, 0.25) is 0 Å². The van der Waals surface area contributed by atoms with Gasteiger partial charge in [-0.15, -0.1) is 0 Å². The van der Waals surface area contributed by atoms with Gasteiger partial charge in [0, 0.05) is 12.6 Å². The van der Waals surface area contributed by atoms with Crippen LogP contribution in [0.15, 0.2) is 60.7 Å². The van der Waals surface area contributed by atoms with E-state index in [0.717, 1.165) is 0 Å². The molecule has 0 spiro atoms. The molecule has 0 radical (unpaired) electrons. The maximum atomic E-state index is 14.5. The molecule has 2 nitrogen and oxygen atoms in total. The van der Waals surface area contributed by atoms with Crippen LogP contribution in [0.25, 0.3) is 11.4 Å². The fourth-order valence-corrected chi connectivity index (χ4v) is 3.10. The average Bonchev–Trinajstić information content (AvgIpc) is 2.93. The summed E-state index contributed by atoms with van der Waals surface area (Å²) in [5, 5.41) is 0. The minimum absolute atomic E-state index is 0.0680. The molecule has 0 N–H and O–H groups in total. The van der Waals surface area contributed by atoms with Crippen LogP contribution in [0.4, 0.5) is 17.6 Å². The molecule has 0 fully saturated rings. The Morgan fingerprint density at radius 3 is 1.68 bits per heavy atom. The monoisotopic (exact) mass is 414 g/mol. The maximum Gasteiger partial charge on any atom is 0.400 e. The number of halogens is 5. The molecular weight excluding hydrogens is 400 g/mol. The molecular formula is C18H15BrF4N2. The maximum absolute atomic E-state index is 14.5. The summed E-state index contributed by atoms with van der Waals surface area (Å²) in [7, 11) is 1.60. The van der Waals surface area contributed by atoms with Crippen LogP contribution in [0.1, 0.15) is 11.1 Å². The third-order valence-corrected chi connectivity index (χ3v) is 4.48. The van der Waals surface area contributed by atoms with Gasteiger partial charge < -0.3 is 4.90 Å². The summed E-state index contributed by atoms with van der Waals surface area (Å²) >= 11 is 1.84. The molecule has 0 aliphatic carbocycles. The van der Waals surface area contributed by atoms with E-state index in [4.69, 9.17) is 0 Å². The lowest BCUT2D eigenvalue weighted by atomic mass is 10.0. The molecule has 0 saturated heterocycles. The van der Waals surface area contributed by atoms with E-state index in [2.05, 4.69) is 0 Å². The molecule has 7 heteroatoms. The minimum Gasteiger partial charge on any atom is -0.355 e. The minimum atomic E-state index is -4.40. The number of hydrogen-bond donors (Lipinski definition) is 0. The van der Waals surface area contributed by atoms with E-state index in [-0.39, 0.29) is 12.4 Å². The van der Waals surface area contributed by atoms with E-state index < -0.39 is 10.9 Å². The van der Waals surface area contributed by atoms with E-state index >= 15 is 0 Å². The zero-order valence-electron chi connectivity index (χ0n) is 13.3. The van der Waals surface area contributed by atoms with Gasteiger partial charge in [-0.25, -0.2) is 0 Å². The van der Waals surface area contributed by atoms with Crippen molar-refractivity contribution in [2.24, 2.45) is 0 Å². The Kier molecular flexibility index (Phi) is 4.53. The van der Waals surface area contributed by atoms with Gasteiger partial charge in [0.2, 0.25) is 0 Å². The van der Waals surface area contributed by atoms with Crippen LogP contribution in [0.5, 0.6) is 0 Å². The smallest absolute Gasteiger partial charge is 0.355 e. The lowest BCUT2D eigenvalue weighted by molar-refractivity contribution is -0.223. The first kappa shape index (κ1) is 17.8. The van der Waals surface area contributed by atoms with Gasteiger partial charge in [-0.2, -0.15) is 17.6 Å². The Hall–Kier alpha value is -2.02. The van der Waals surface area contributed by atoms with Crippen molar-refractivity contribution in [3.05, 3.63) is 71.8 Å². The molecule has 1 heterocycles. The number of alkyl halides is 5. The summed E-state index contributed by atoms with van der Waals surface area (Å²) in [4.78, 5) is -2.38. The van der Waals surface area contributed by atoms with E-state index in [0.29, 0.717) is 21.7 Å². The molecule has 0 saturated carbocycles. The van der Waals surface area contributed by atoms with Crippen molar-refractivity contribution in [2.45, 2.75) is 10.9 Å². The summed E-state index contributed by atoms with van der Waals surface area (Å²) in [5.41, 5.74) is 1.67. The third kappa shape index (κ3) is 3.13. The normalized spacial score (nSPS) is 15.9. The summed E-state index contributed by atoms with van der Waals surface area (Å²) in [6, 6.07) is 12.9. The van der Waals surface area contributed by atoms with Gasteiger partial charge in [0.25, 0.3) is 0 Å². The molecule has 0 unspecified atom stereocenters. The Morgan fingerprint density at radius 1 is 0.800 bits per heavy atom. The fraction of sp³-hybridized carbons (Fsp3) is 0.222. The molecule has 2 aromatic carbocycles. The van der Waals surface area contributed by atoms with Crippen molar-refractivity contribution >= 4 is 27.3 Å². The first-order valence-electron chi connectivity index (χ1n) is 7.52. The van der Waals surface area contributed by atoms with Crippen LogP contribution in [0.3, 0.4) is 0 Å². The molecule has 2 aromatic rings. The zero-order valence-corrected chi connectivity index (χ0v) is 14.9. The third-order valence-electron chi connectivity index (χ3n) is 4.00. The molecule has 1 aliphatic heterocycles. The molecule has 132 valence electrons. The molecule has 0 atom stereocenters. The fourth-order valence-electron chi connectivity index (χ4n) is 2.89. The van der Waals surface area contributed by atoms with Gasteiger partial charge in [-0.3, -0.25) is 4.90 Å². The second kappa shape index (κ2) is 6.37. The van der Waals surface area contributed by atoms with E-state index in [1.165, 1.54) is 0 Å². The Labute approximate surface area is 151 Å². The van der Waals surface area contributed by atoms with Crippen molar-refractivity contribution in [1.82, 2.24) is 9.80 Å². The molecule has 0 aromatic heterocycles. The second-order valence-corrected chi connectivity index (χ2v) is 6.73. The van der Waals surface area contributed by atoms with Gasteiger partial charge in [-0.1, -0.05) is 60.7 Å². The predicted molar refractivity (Wildman–Crippen MR) is 93.0 cm³/mol. The van der Waals surface area contributed by atoms with Crippen LogP contribution in [-0.4, -0.2) is 34.4 Å². The average molecular weight is 415 g/mol. The van der Waals surface area contributed by atoms with E-state index in [9.17, 15) is 17.6 Å². The lowest BCUT2D eigenvalue weighted by Crippen LogP contribution is -2.50. The molecule has 1 aliphatic rings. The summed E-state index contributed by atoms with van der Waals surface area (Å²) in [6.45, 7) is -0.358. The van der Waals surface area contributed by atoms with E-state index in [1.54, 1.807) is 72.6 Å². The number of nitrogens with zero attached hydrogens (tertiary/aromatic N) is 2. The van der Waals surface area contributed by atoms with Gasteiger partial charge >= 0.3 is 10.9 Å². The molecule has 0 bridgehead atoms. The quantitative estimate of drug-likeness (QED) is 0.380. The van der Waals surface area contributed by atoms with Crippen molar-refractivity contribution in [1.29, 1.82) is 0 Å². The Balaban J connectivity index is 2.23. The lowest BCUT2D eigenvalue weighted by Gasteiger charge is -2.33. The van der Waals surface area contributed by atoms with Crippen LogP contribution in [0, 0.1) is 0 Å². The topological polar surface area (TPSA) is 6.48 Å². The Morgan fingerprint density at radius 2 is 1.24 bits per heavy atom. The van der Waals surface area contributed by atoms with Crippen molar-refractivity contribution in [2.75, 3.05) is 13.7 Å². The van der Waals surface area contributed by atoms with Gasteiger partial charge in [-0.05, 0) is 21.5 Å². The number of rotatable bonds is 4. The molecule has 25 heavy (non-hydrogen) atoms. The summed E-state index contributed by atoms with van der Waals surface area (Å²) in [5.74, 6) is 0. The zero-order chi connectivity index (χ0) is 18.2. The van der Waals surface area contributed by atoms with E-state index in [1.807, 2.05) is 15.9 Å². The standard InChI is InChI=1S/C18H15BrF4N2/c1-24-12-25(18(22,23)17(19,20)21)16(14-10-6-3-7-11-14)15(24)13-8-4-2-5-9-13/h2-11H,12H2,1H3. The largest absolute Gasteiger partial charge is 0.400 e. The first-order chi connectivity index (χ1) is 11.7. The summed E-state index contributed by atoms with van der Waals surface area (Å²) < 4.78 is 56.2. The highest BCUT2D eigenvalue weighted by Gasteiger charge is 2.61. The van der Waals surface area contributed by atoms with Crippen LogP contribution >= 0.6 is 15.9 Å². The van der Waals surface area contributed by atoms with Gasteiger partial charge in [0.1, 0.15) is 0 Å². The summed E-state index contributed by atoms with van der Waals surface area (Å²) in [6.07, 6.45) is 0. The molecule has 0 amide bonds. The first-order valence-corrected chi connectivity index (χ1v) is 8.31. The van der Waals surface area contributed by atoms with Crippen LogP contribution in [-0.2, 0) is 0 Å². The molecule has 3 rings (SSSR count). The highest BCUT2D eigenvalue weighted by atomic mass is 79.9. The van der Waals surface area contributed by atoms with Crippen LogP contribution < -0.4 is 0 Å². The highest BCUT2D eigenvalue weighted by molar-refractivity contribution is 9.10.